The molecule has 1 atom stereocenters. The largest absolute Gasteiger partial charge is 0.491 e. The lowest BCUT2D eigenvalue weighted by Gasteiger charge is -2.24. The summed E-state index contributed by atoms with van der Waals surface area (Å²) in [6, 6.07) is 11.7. The first kappa shape index (κ1) is 18.6. The van der Waals surface area contributed by atoms with Crippen molar-refractivity contribution in [3.63, 3.8) is 0 Å². The molecular formula is C20H22FNO3S. The fourth-order valence-electron chi connectivity index (χ4n) is 2.65. The van der Waals surface area contributed by atoms with Crippen molar-refractivity contribution in [2.75, 3.05) is 13.2 Å². The molecule has 0 saturated heterocycles. The third-order valence-electron chi connectivity index (χ3n) is 4.02. The summed E-state index contributed by atoms with van der Waals surface area (Å²) in [7, 11) is 0. The number of nitrogens with zero attached hydrogens (tertiary/aromatic N) is 1. The van der Waals surface area contributed by atoms with Crippen LogP contribution in [0.5, 0.6) is 5.75 Å². The summed E-state index contributed by atoms with van der Waals surface area (Å²) in [6.07, 6.45) is 0.980. The molecule has 0 radical (unpaired) electrons. The van der Waals surface area contributed by atoms with Crippen molar-refractivity contribution in [3.05, 3.63) is 76.1 Å². The smallest absolute Gasteiger partial charge is 0.123 e. The Labute approximate surface area is 156 Å². The second kappa shape index (κ2) is 8.98. The molecule has 2 heterocycles. The van der Waals surface area contributed by atoms with Crippen molar-refractivity contribution >= 4 is 11.3 Å². The van der Waals surface area contributed by atoms with Gasteiger partial charge in [0.05, 0.1) is 12.8 Å². The van der Waals surface area contributed by atoms with Gasteiger partial charge in [-0.05, 0) is 60.3 Å². The Morgan fingerprint density at radius 1 is 1.19 bits per heavy atom. The van der Waals surface area contributed by atoms with Crippen molar-refractivity contribution in [2.45, 2.75) is 26.1 Å². The van der Waals surface area contributed by atoms with Gasteiger partial charge in [-0.2, -0.15) is 0 Å². The van der Waals surface area contributed by atoms with Crippen LogP contribution < -0.4 is 4.74 Å². The van der Waals surface area contributed by atoms with E-state index in [9.17, 15) is 9.50 Å². The van der Waals surface area contributed by atoms with Crippen LogP contribution in [0.2, 0.25) is 0 Å². The van der Waals surface area contributed by atoms with E-state index >= 15 is 0 Å². The van der Waals surface area contributed by atoms with Gasteiger partial charge >= 0.3 is 0 Å². The average Bonchev–Trinajstić information content (AvgIpc) is 3.27. The highest BCUT2D eigenvalue weighted by Gasteiger charge is 2.16. The highest BCUT2D eigenvalue weighted by molar-refractivity contribution is 7.10. The summed E-state index contributed by atoms with van der Waals surface area (Å²) in [5, 5.41) is 12.5. The number of benzene rings is 1. The molecule has 0 amide bonds. The third kappa shape index (κ3) is 5.42. The standard InChI is InChI=1S/C20H22FNO3S/c1-15-8-10-26-20(15)13-22(12-19-3-2-9-24-19)11-17(23)14-25-18-6-4-16(21)5-7-18/h2-10,17,23H,11-14H2,1H3. The molecule has 0 aliphatic rings. The third-order valence-corrected chi connectivity index (χ3v) is 5.03. The van der Waals surface area contributed by atoms with Crippen LogP contribution in [0, 0.1) is 12.7 Å². The van der Waals surface area contributed by atoms with Gasteiger partial charge in [0.25, 0.3) is 0 Å². The zero-order valence-electron chi connectivity index (χ0n) is 14.6. The summed E-state index contributed by atoms with van der Waals surface area (Å²) in [5.41, 5.74) is 1.25. The molecule has 26 heavy (non-hydrogen) atoms. The minimum Gasteiger partial charge on any atom is -0.491 e. The van der Waals surface area contributed by atoms with Gasteiger partial charge in [-0.15, -0.1) is 11.3 Å². The molecule has 0 bridgehead atoms. The molecule has 3 aromatic rings. The molecule has 0 aliphatic heterocycles. The van der Waals surface area contributed by atoms with E-state index in [4.69, 9.17) is 9.15 Å². The lowest BCUT2D eigenvalue weighted by Crippen LogP contribution is -2.35. The van der Waals surface area contributed by atoms with Crippen LogP contribution in [0.15, 0.2) is 58.5 Å². The van der Waals surface area contributed by atoms with E-state index in [0.717, 1.165) is 12.3 Å². The Morgan fingerprint density at radius 2 is 2.00 bits per heavy atom. The van der Waals surface area contributed by atoms with Crippen LogP contribution in [-0.2, 0) is 13.1 Å². The lowest BCUT2D eigenvalue weighted by atomic mass is 10.2. The molecule has 4 nitrogen and oxygen atoms in total. The average molecular weight is 375 g/mol. The van der Waals surface area contributed by atoms with E-state index in [1.807, 2.05) is 12.1 Å². The first-order chi connectivity index (χ1) is 12.6. The van der Waals surface area contributed by atoms with Crippen LogP contribution in [-0.4, -0.2) is 29.3 Å². The molecule has 0 spiro atoms. The van der Waals surface area contributed by atoms with Crippen LogP contribution in [0.25, 0.3) is 0 Å². The maximum Gasteiger partial charge on any atom is 0.123 e. The Balaban J connectivity index is 1.58. The first-order valence-corrected chi connectivity index (χ1v) is 9.32. The Kier molecular flexibility index (Phi) is 6.44. The molecule has 6 heteroatoms. The number of hydrogen-bond donors (Lipinski definition) is 1. The molecular weight excluding hydrogens is 353 g/mol. The highest BCUT2D eigenvalue weighted by atomic mass is 32.1. The monoisotopic (exact) mass is 375 g/mol. The summed E-state index contributed by atoms with van der Waals surface area (Å²) < 4.78 is 23.9. The van der Waals surface area contributed by atoms with E-state index in [0.29, 0.717) is 18.8 Å². The molecule has 1 N–H and O–H groups in total. The van der Waals surface area contributed by atoms with Crippen molar-refractivity contribution in [3.8, 4) is 5.75 Å². The molecule has 0 saturated carbocycles. The zero-order chi connectivity index (χ0) is 18.4. The van der Waals surface area contributed by atoms with Gasteiger partial charge in [0.2, 0.25) is 0 Å². The Hall–Kier alpha value is -2.15. The summed E-state index contributed by atoms with van der Waals surface area (Å²) in [4.78, 5) is 3.40. The number of aliphatic hydroxyl groups is 1. The predicted octanol–water partition coefficient (Wildman–Crippen LogP) is 4.23. The Morgan fingerprint density at radius 3 is 2.65 bits per heavy atom. The number of aliphatic hydroxyl groups excluding tert-OH is 1. The molecule has 1 unspecified atom stereocenters. The minimum absolute atomic E-state index is 0.143. The number of ether oxygens (including phenoxy) is 1. The van der Waals surface area contributed by atoms with Crippen molar-refractivity contribution in [2.24, 2.45) is 0 Å². The van der Waals surface area contributed by atoms with E-state index in [1.165, 1.54) is 22.6 Å². The SMILES string of the molecule is Cc1ccsc1CN(Cc1ccco1)CC(O)COc1ccc(F)cc1. The maximum atomic E-state index is 12.9. The number of furan rings is 1. The highest BCUT2D eigenvalue weighted by Crippen LogP contribution is 2.20. The van der Waals surface area contributed by atoms with Crippen LogP contribution in [0.4, 0.5) is 4.39 Å². The lowest BCUT2D eigenvalue weighted by molar-refractivity contribution is 0.0607. The molecule has 0 aliphatic carbocycles. The number of hydrogen-bond acceptors (Lipinski definition) is 5. The molecule has 0 fully saturated rings. The van der Waals surface area contributed by atoms with E-state index in [2.05, 4.69) is 23.3 Å². The summed E-state index contributed by atoms with van der Waals surface area (Å²) in [5.74, 6) is 1.08. The van der Waals surface area contributed by atoms with Crippen molar-refractivity contribution in [1.82, 2.24) is 4.90 Å². The summed E-state index contributed by atoms with van der Waals surface area (Å²) >= 11 is 1.71. The molecule has 2 aromatic heterocycles. The number of aryl methyl sites for hydroxylation is 1. The fourth-order valence-corrected chi connectivity index (χ4v) is 3.60. The van der Waals surface area contributed by atoms with E-state index in [-0.39, 0.29) is 12.4 Å². The summed E-state index contributed by atoms with van der Waals surface area (Å²) in [6.45, 7) is 4.02. The van der Waals surface area contributed by atoms with Crippen molar-refractivity contribution < 1.29 is 18.7 Å². The second-order valence-electron chi connectivity index (χ2n) is 6.19. The Bertz CT molecular complexity index is 786. The van der Waals surface area contributed by atoms with E-state index < -0.39 is 6.10 Å². The minimum atomic E-state index is -0.671. The van der Waals surface area contributed by atoms with Gasteiger partial charge in [-0.25, -0.2) is 4.39 Å². The zero-order valence-corrected chi connectivity index (χ0v) is 15.4. The van der Waals surface area contributed by atoms with Gasteiger partial charge in [-0.1, -0.05) is 0 Å². The van der Waals surface area contributed by atoms with Crippen LogP contribution in [0.1, 0.15) is 16.2 Å². The van der Waals surface area contributed by atoms with E-state index in [1.54, 1.807) is 29.7 Å². The topological polar surface area (TPSA) is 45.8 Å². The number of halogens is 1. The fraction of sp³-hybridized carbons (Fsp3) is 0.300. The van der Waals surface area contributed by atoms with Crippen LogP contribution >= 0.6 is 11.3 Å². The molecule has 1 aromatic carbocycles. The first-order valence-electron chi connectivity index (χ1n) is 8.44. The quantitative estimate of drug-likeness (QED) is 0.608. The van der Waals surface area contributed by atoms with Crippen LogP contribution in [0.3, 0.4) is 0 Å². The second-order valence-corrected chi connectivity index (χ2v) is 7.20. The number of rotatable bonds is 9. The van der Waals surface area contributed by atoms with Gasteiger partial charge in [0, 0.05) is 18.0 Å². The number of thiophene rings is 1. The van der Waals surface area contributed by atoms with Crippen molar-refractivity contribution in [1.29, 1.82) is 0 Å². The predicted molar refractivity (Wildman–Crippen MR) is 99.8 cm³/mol. The van der Waals surface area contributed by atoms with Gasteiger partial charge < -0.3 is 14.3 Å². The molecule has 3 rings (SSSR count). The van der Waals surface area contributed by atoms with Gasteiger partial charge in [-0.3, -0.25) is 4.90 Å². The van der Waals surface area contributed by atoms with Gasteiger partial charge in [0.15, 0.2) is 0 Å². The molecule has 138 valence electrons. The normalized spacial score (nSPS) is 12.5. The van der Waals surface area contributed by atoms with Gasteiger partial charge in [0.1, 0.15) is 30.0 Å². The maximum absolute atomic E-state index is 12.9.